The van der Waals surface area contributed by atoms with Crippen molar-refractivity contribution in [2.45, 2.75) is 0 Å². The molecule has 0 atom stereocenters. The number of benzene rings is 3. The highest BCUT2D eigenvalue weighted by molar-refractivity contribution is 6.03. The summed E-state index contributed by atoms with van der Waals surface area (Å²) < 4.78 is 10.9. The van der Waals surface area contributed by atoms with Gasteiger partial charge in [-0.3, -0.25) is 15.2 Å². The van der Waals surface area contributed by atoms with Gasteiger partial charge in [0, 0.05) is 11.1 Å². The molecule has 29 heavy (non-hydrogen) atoms. The van der Waals surface area contributed by atoms with E-state index in [-0.39, 0.29) is 11.9 Å². The number of nitrogens with one attached hydrogen (secondary N) is 2. The lowest BCUT2D eigenvalue weighted by atomic mass is 10.2. The fourth-order valence-corrected chi connectivity index (χ4v) is 2.69. The summed E-state index contributed by atoms with van der Waals surface area (Å²) in [5.74, 6) is 2.42. The van der Waals surface area contributed by atoms with Gasteiger partial charge >= 0.3 is 0 Å². The molecular weight excluding hydrogens is 368 g/mol. The molecule has 3 aromatic carbocycles. The Balaban J connectivity index is 1.45. The van der Waals surface area contributed by atoms with Crippen molar-refractivity contribution in [1.29, 1.82) is 0 Å². The van der Waals surface area contributed by atoms with Crippen LogP contribution in [0.15, 0.2) is 78.9 Å². The van der Waals surface area contributed by atoms with Gasteiger partial charge in [-0.15, -0.1) is 5.10 Å². The van der Waals surface area contributed by atoms with Gasteiger partial charge in [-0.2, -0.15) is 4.98 Å². The van der Waals surface area contributed by atoms with E-state index in [4.69, 9.17) is 9.47 Å². The van der Waals surface area contributed by atoms with Crippen molar-refractivity contribution in [3.05, 3.63) is 84.4 Å². The summed E-state index contributed by atoms with van der Waals surface area (Å²) in [5, 5.41) is 9.57. The number of ether oxygens (including phenoxy) is 2. The van der Waals surface area contributed by atoms with Gasteiger partial charge in [-0.05, 0) is 54.6 Å². The molecule has 1 aromatic heterocycles. The predicted molar refractivity (Wildman–Crippen MR) is 109 cm³/mol. The molecule has 0 aliphatic rings. The van der Waals surface area contributed by atoms with Crippen LogP contribution in [0.2, 0.25) is 0 Å². The fourth-order valence-electron chi connectivity index (χ4n) is 2.69. The topological polar surface area (TPSA) is 89.1 Å². The van der Waals surface area contributed by atoms with Crippen LogP contribution >= 0.6 is 0 Å². The zero-order valence-electron chi connectivity index (χ0n) is 15.6. The van der Waals surface area contributed by atoms with Crippen LogP contribution in [0.1, 0.15) is 10.4 Å². The Morgan fingerprint density at radius 3 is 2.41 bits per heavy atom. The molecule has 4 aromatic rings. The van der Waals surface area contributed by atoms with E-state index in [1.54, 1.807) is 31.4 Å². The molecule has 0 unspecified atom stereocenters. The van der Waals surface area contributed by atoms with Gasteiger partial charge in [0.05, 0.1) is 7.11 Å². The molecule has 0 fully saturated rings. The Morgan fingerprint density at radius 2 is 1.66 bits per heavy atom. The third-order valence-corrected chi connectivity index (χ3v) is 4.15. The average Bonchev–Trinajstić information content (AvgIpc) is 3.23. The largest absolute Gasteiger partial charge is 0.497 e. The Bertz CT molecular complexity index is 1110. The highest BCUT2D eigenvalue weighted by Crippen LogP contribution is 2.23. The molecule has 0 spiro atoms. The zero-order valence-corrected chi connectivity index (χ0v) is 15.6. The number of para-hydroxylation sites is 1. The second kappa shape index (κ2) is 8.26. The first-order valence-corrected chi connectivity index (χ1v) is 8.92. The maximum atomic E-state index is 12.6. The van der Waals surface area contributed by atoms with Crippen molar-refractivity contribution in [1.82, 2.24) is 15.2 Å². The van der Waals surface area contributed by atoms with Gasteiger partial charge in [-0.25, -0.2) is 0 Å². The third kappa shape index (κ3) is 4.41. The van der Waals surface area contributed by atoms with Crippen molar-refractivity contribution in [3.8, 4) is 28.6 Å². The Morgan fingerprint density at radius 1 is 0.897 bits per heavy atom. The van der Waals surface area contributed by atoms with Crippen LogP contribution in [0.25, 0.3) is 11.4 Å². The van der Waals surface area contributed by atoms with E-state index < -0.39 is 0 Å². The number of H-pyrrole nitrogens is 1. The molecule has 0 bridgehead atoms. The smallest absolute Gasteiger partial charge is 0.258 e. The summed E-state index contributed by atoms with van der Waals surface area (Å²) in [6.45, 7) is 0. The van der Waals surface area contributed by atoms with Gasteiger partial charge in [0.15, 0.2) is 5.82 Å². The number of nitrogens with zero attached hydrogens (tertiary/aromatic N) is 2. The van der Waals surface area contributed by atoms with E-state index in [0.717, 1.165) is 11.3 Å². The molecule has 0 radical (unpaired) electrons. The Kier molecular flexibility index (Phi) is 5.20. The zero-order chi connectivity index (χ0) is 20.1. The molecule has 1 amide bonds. The molecule has 0 saturated heterocycles. The molecule has 7 heteroatoms. The van der Waals surface area contributed by atoms with E-state index in [9.17, 15) is 4.79 Å². The van der Waals surface area contributed by atoms with E-state index in [0.29, 0.717) is 22.9 Å². The highest BCUT2D eigenvalue weighted by atomic mass is 16.5. The van der Waals surface area contributed by atoms with Gasteiger partial charge in [0.2, 0.25) is 5.95 Å². The lowest BCUT2D eigenvalue weighted by molar-refractivity contribution is 0.102. The Hall–Kier alpha value is -4.13. The second-order valence-electron chi connectivity index (χ2n) is 6.13. The minimum absolute atomic E-state index is 0.190. The summed E-state index contributed by atoms with van der Waals surface area (Å²) >= 11 is 0. The number of aromatic amines is 1. The number of anilines is 1. The third-order valence-electron chi connectivity index (χ3n) is 4.15. The minimum atomic E-state index is -0.330. The average molecular weight is 386 g/mol. The van der Waals surface area contributed by atoms with E-state index in [1.807, 2.05) is 54.6 Å². The summed E-state index contributed by atoms with van der Waals surface area (Å²) in [5.41, 5.74) is 1.27. The number of hydrogen-bond donors (Lipinski definition) is 2. The first-order valence-electron chi connectivity index (χ1n) is 8.92. The van der Waals surface area contributed by atoms with Crippen LogP contribution in [0.5, 0.6) is 17.2 Å². The van der Waals surface area contributed by atoms with Gasteiger partial charge in [0.1, 0.15) is 17.2 Å². The summed E-state index contributed by atoms with van der Waals surface area (Å²) in [7, 11) is 1.61. The minimum Gasteiger partial charge on any atom is -0.497 e. The molecule has 0 aliphatic carbocycles. The lowest BCUT2D eigenvalue weighted by Crippen LogP contribution is -2.13. The normalized spacial score (nSPS) is 10.4. The maximum Gasteiger partial charge on any atom is 0.258 e. The standard InChI is InChI=1S/C22H18N4O3/c1-28-17-12-10-15(11-13-17)20-23-22(26-25-20)24-21(27)16-6-5-9-19(14-16)29-18-7-3-2-4-8-18/h2-14H,1H3,(H2,23,24,25,26,27). The lowest BCUT2D eigenvalue weighted by Gasteiger charge is -2.07. The SMILES string of the molecule is COc1ccc(-c2nc(NC(=O)c3cccc(Oc4ccccc4)c3)n[nH]2)cc1. The quantitative estimate of drug-likeness (QED) is 0.508. The number of aromatic nitrogens is 3. The van der Waals surface area contributed by atoms with Crippen molar-refractivity contribution in [2.75, 3.05) is 12.4 Å². The maximum absolute atomic E-state index is 12.6. The molecule has 0 aliphatic heterocycles. The fraction of sp³-hybridized carbons (Fsp3) is 0.0455. The second-order valence-corrected chi connectivity index (χ2v) is 6.13. The molecule has 7 nitrogen and oxygen atoms in total. The van der Waals surface area contributed by atoms with Crippen molar-refractivity contribution in [2.24, 2.45) is 0 Å². The van der Waals surface area contributed by atoms with Crippen LogP contribution in [0.3, 0.4) is 0 Å². The molecule has 0 saturated carbocycles. The summed E-state index contributed by atoms with van der Waals surface area (Å²) in [6, 6.07) is 23.7. The molecule has 4 rings (SSSR count). The van der Waals surface area contributed by atoms with Crippen molar-refractivity contribution >= 4 is 11.9 Å². The van der Waals surface area contributed by atoms with Crippen LogP contribution < -0.4 is 14.8 Å². The van der Waals surface area contributed by atoms with Gasteiger partial charge in [-0.1, -0.05) is 24.3 Å². The Labute approximate surface area is 167 Å². The van der Waals surface area contributed by atoms with Crippen molar-refractivity contribution < 1.29 is 14.3 Å². The van der Waals surface area contributed by atoms with E-state index in [2.05, 4.69) is 20.5 Å². The van der Waals surface area contributed by atoms with E-state index >= 15 is 0 Å². The summed E-state index contributed by atoms with van der Waals surface area (Å²) in [4.78, 5) is 16.9. The molecule has 1 heterocycles. The molecule has 2 N–H and O–H groups in total. The van der Waals surface area contributed by atoms with Gasteiger partial charge in [0.25, 0.3) is 5.91 Å². The van der Waals surface area contributed by atoms with Crippen molar-refractivity contribution in [3.63, 3.8) is 0 Å². The summed E-state index contributed by atoms with van der Waals surface area (Å²) in [6.07, 6.45) is 0. The van der Waals surface area contributed by atoms with Crippen LogP contribution in [0.4, 0.5) is 5.95 Å². The highest BCUT2D eigenvalue weighted by Gasteiger charge is 2.12. The van der Waals surface area contributed by atoms with E-state index in [1.165, 1.54) is 0 Å². The molecule has 144 valence electrons. The van der Waals surface area contributed by atoms with Crippen LogP contribution in [0, 0.1) is 0 Å². The van der Waals surface area contributed by atoms with Gasteiger partial charge < -0.3 is 9.47 Å². The number of carbonyl (C=O) groups is 1. The number of carbonyl (C=O) groups excluding carboxylic acids is 1. The van der Waals surface area contributed by atoms with Crippen LogP contribution in [-0.4, -0.2) is 28.2 Å². The number of methoxy groups -OCH3 is 1. The number of hydrogen-bond acceptors (Lipinski definition) is 5. The monoisotopic (exact) mass is 386 g/mol. The first kappa shape index (κ1) is 18.2. The first-order chi connectivity index (χ1) is 14.2. The predicted octanol–water partition coefficient (Wildman–Crippen LogP) is 4.52. The number of rotatable bonds is 6. The molecular formula is C22H18N4O3. The number of amides is 1. The van der Waals surface area contributed by atoms with Crippen LogP contribution in [-0.2, 0) is 0 Å².